The Labute approximate surface area is 126 Å². The molecule has 1 unspecified atom stereocenters. The summed E-state index contributed by atoms with van der Waals surface area (Å²) in [4.78, 5) is 6.98. The third-order valence-electron chi connectivity index (χ3n) is 4.37. The van der Waals surface area contributed by atoms with Gasteiger partial charge in [-0.1, -0.05) is 18.5 Å². The van der Waals surface area contributed by atoms with Crippen LogP contribution in [0.4, 0.5) is 5.82 Å². The number of pyridine rings is 1. The fourth-order valence-corrected chi connectivity index (χ4v) is 2.95. The summed E-state index contributed by atoms with van der Waals surface area (Å²) in [6, 6.07) is 2.43. The summed E-state index contributed by atoms with van der Waals surface area (Å²) < 4.78 is 0. The molecule has 21 heavy (non-hydrogen) atoms. The van der Waals surface area contributed by atoms with Crippen molar-refractivity contribution in [2.75, 3.05) is 11.9 Å². The van der Waals surface area contributed by atoms with Crippen LogP contribution in [0.5, 0.6) is 0 Å². The number of hydrogen-bond donors (Lipinski definition) is 2. The van der Waals surface area contributed by atoms with Crippen molar-refractivity contribution >= 4 is 11.7 Å². The van der Waals surface area contributed by atoms with Crippen LogP contribution in [0.2, 0.25) is 0 Å². The number of rotatable bonds is 5. The zero-order valence-electron chi connectivity index (χ0n) is 13.3. The van der Waals surface area contributed by atoms with Gasteiger partial charge in [0.1, 0.15) is 5.82 Å². The van der Waals surface area contributed by atoms with E-state index in [1.54, 1.807) is 0 Å². The summed E-state index contributed by atoms with van der Waals surface area (Å²) in [7, 11) is 2.03. The Morgan fingerprint density at radius 1 is 1.48 bits per heavy atom. The topological polar surface area (TPSA) is 74.7 Å². The van der Waals surface area contributed by atoms with Crippen LogP contribution < -0.4 is 10.6 Å². The number of fused-ring (bicyclic) bond motifs is 1. The van der Waals surface area contributed by atoms with Crippen molar-refractivity contribution in [3.63, 3.8) is 0 Å². The molecule has 0 saturated heterocycles. The first-order chi connectivity index (χ1) is 10.1. The lowest BCUT2D eigenvalue weighted by atomic mass is 9.94. The quantitative estimate of drug-likeness (QED) is 0.378. The second kappa shape index (κ2) is 6.78. The molecule has 5 nitrogen and oxygen atoms in total. The fraction of sp³-hybridized carbons (Fsp3) is 0.625. The normalized spacial score (nSPS) is 16.4. The van der Waals surface area contributed by atoms with E-state index < -0.39 is 0 Å². The van der Waals surface area contributed by atoms with Gasteiger partial charge < -0.3 is 15.8 Å². The molecule has 1 aromatic rings. The molecule has 0 spiro atoms. The zero-order valence-corrected chi connectivity index (χ0v) is 13.3. The maximum Gasteiger partial charge on any atom is 0.173 e. The number of anilines is 1. The van der Waals surface area contributed by atoms with Gasteiger partial charge in [-0.25, -0.2) is 4.98 Å². The first-order valence-electron chi connectivity index (χ1n) is 7.82. The monoisotopic (exact) mass is 290 g/mol. The van der Waals surface area contributed by atoms with Gasteiger partial charge in [-0.05, 0) is 50.7 Å². The zero-order chi connectivity index (χ0) is 15.4. The lowest BCUT2D eigenvalue weighted by Gasteiger charge is -2.29. The molecule has 1 heterocycles. The van der Waals surface area contributed by atoms with Gasteiger partial charge in [0.2, 0.25) is 0 Å². The lowest BCUT2D eigenvalue weighted by molar-refractivity contribution is 0.318. The van der Waals surface area contributed by atoms with Crippen LogP contribution >= 0.6 is 0 Å². The number of aromatic nitrogens is 1. The van der Waals surface area contributed by atoms with Crippen molar-refractivity contribution in [2.24, 2.45) is 10.9 Å². The van der Waals surface area contributed by atoms with Crippen LogP contribution in [-0.4, -0.2) is 29.1 Å². The molecule has 1 atom stereocenters. The van der Waals surface area contributed by atoms with Crippen LogP contribution in [-0.2, 0) is 12.8 Å². The Morgan fingerprint density at radius 3 is 2.86 bits per heavy atom. The molecule has 0 radical (unpaired) electrons. The molecular formula is C16H26N4O. The highest BCUT2D eigenvalue weighted by molar-refractivity contribution is 6.01. The largest absolute Gasteiger partial charge is 0.409 e. The molecule has 0 aromatic carbocycles. The Kier molecular flexibility index (Phi) is 5.04. The van der Waals surface area contributed by atoms with Gasteiger partial charge in [0.05, 0.1) is 5.56 Å². The Balaban J connectivity index is 2.46. The molecule has 0 amide bonds. The van der Waals surface area contributed by atoms with E-state index in [4.69, 9.17) is 15.9 Å². The average Bonchev–Trinajstić information content (AvgIpc) is 2.52. The van der Waals surface area contributed by atoms with Crippen molar-refractivity contribution in [1.82, 2.24) is 4.98 Å². The van der Waals surface area contributed by atoms with Crippen molar-refractivity contribution in [1.29, 1.82) is 0 Å². The molecule has 2 rings (SSSR count). The van der Waals surface area contributed by atoms with Gasteiger partial charge in [0.15, 0.2) is 5.84 Å². The van der Waals surface area contributed by atoms with E-state index in [1.165, 1.54) is 24.1 Å². The number of amidine groups is 1. The van der Waals surface area contributed by atoms with Crippen LogP contribution in [0.3, 0.4) is 0 Å². The molecule has 3 N–H and O–H groups in total. The number of nitrogens with two attached hydrogens (primary N) is 1. The van der Waals surface area contributed by atoms with Crippen LogP contribution in [0, 0.1) is 0 Å². The standard InChI is InChI=1S/C16H26N4O/c1-4-7-11(2)20(3)16-13(15(17)19-21)10-12-8-5-6-9-14(12)18-16/h10-11,21H,4-9H2,1-3H3,(H2,17,19). The molecule has 1 aliphatic rings. The Morgan fingerprint density at radius 2 is 2.19 bits per heavy atom. The second-order valence-electron chi connectivity index (χ2n) is 5.91. The van der Waals surface area contributed by atoms with Gasteiger partial charge >= 0.3 is 0 Å². The summed E-state index contributed by atoms with van der Waals surface area (Å²) >= 11 is 0. The van der Waals surface area contributed by atoms with Gasteiger partial charge in [0.25, 0.3) is 0 Å². The summed E-state index contributed by atoms with van der Waals surface area (Å²) in [6.45, 7) is 4.36. The van der Waals surface area contributed by atoms with Gasteiger partial charge in [0, 0.05) is 18.8 Å². The smallest absolute Gasteiger partial charge is 0.173 e. The molecule has 0 aliphatic heterocycles. The molecule has 0 bridgehead atoms. The minimum absolute atomic E-state index is 0.140. The first-order valence-corrected chi connectivity index (χ1v) is 7.82. The van der Waals surface area contributed by atoms with E-state index in [2.05, 4.69) is 30.0 Å². The fourth-order valence-electron chi connectivity index (χ4n) is 2.95. The van der Waals surface area contributed by atoms with Gasteiger partial charge in [-0.2, -0.15) is 0 Å². The third kappa shape index (κ3) is 3.28. The van der Waals surface area contributed by atoms with E-state index >= 15 is 0 Å². The van der Waals surface area contributed by atoms with Gasteiger partial charge in [-0.3, -0.25) is 0 Å². The number of oxime groups is 1. The summed E-state index contributed by atoms with van der Waals surface area (Å²) in [6.07, 6.45) is 6.64. The van der Waals surface area contributed by atoms with Crippen molar-refractivity contribution in [2.45, 2.75) is 58.4 Å². The van der Waals surface area contributed by atoms with Gasteiger partial charge in [-0.15, -0.1) is 0 Å². The van der Waals surface area contributed by atoms with E-state index in [0.29, 0.717) is 6.04 Å². The van der Waals surface area contributed by atoms with Crippen molar-refractivity contribution < 1.29 is 5.21 Å². The molecule has 1 aliphatic carbocycles. The predicted molar refractivity (Wildman–Crippen MR) is 86.2 cm³/mol. The molecular weight excluding hydrogens is 264 g/mol. The predicted octanol–water partition coefficient (Wildman–Crippen LogP) is 2.68. The minimum atomic E-state index is 0.140. The Bertz CT molecular complexity index is 527. The SMILES string of the molecule is CCCC(C)N(C)c1nc2c(cc1C(N)=NO)CCCC2. The highest BCUT2D eigenvalue weighted by Gasteiger charge is 2.21. The lowest BCUT2D eigenvalue weighted by Crippen LogP contribution is -2.32. The molecule has 0 saturated carbocycles. The highest BCUT2D eigenvalue weighted by atomic mass is 16.4. The molecule has 1 aromatic heterocycles. The van der Waals surface area contributed by atoms with Crippen LogP contribution in [0.15, 0.2) is 11.2 Å². The van der Waals surface area contributed by atoms with Crippen LogP contribution in [0.25, 0.3) is 0 Å². The Hall–Kier alpha value is -1.78. The second-order valence-corrected chi connectivity index (χ2v) is 5.91. The molecule has 5 heteroatoms. The summed E-state index contributed by atoms with van der Waals surface area (Å²) in [5.41, 5.74) is 9.02. The molecule has 0 fully saturated rings. The highest BCUT2D eigenvalue weighted by Crippen LogP contribution is 2.27. The van der Waals surface area contributed by atoms with E-state index in [9.17, 15) is 0 Å². The number of aryl methyl sites for hydroxylation is 2. The maximum absolute atomic E-state index is 9.06. The van der Waals surface area contributed by atoms with E-state index in [0.717, 1.165) is 37.1 Å². The average molecular weight is 290 g/mol. The number of nitrogens with zero attached hydrogens (tertiary/aromatic N) is 3. The summed E-state index contributed by atoms with van der Waals surface area (Å²) in [5.74, 6) is 0.966. The van der Waals surface area contributed by atoms with Crippen LogP contribution in [0.1, 0.15) is 56.4 Å². The van der Waals surface area contributed by atoms with Crippen molar-refractivity contribution in [3.8, 4) is 0 Å². The van der Waals surface area contributed by atoms with Crippen molar-refractivity contribution in [3.05, 3.63) is 22.9 Å². The molecule has 116 valence electrons. The van der Waals surface area contributed by atoms with E-state index in [1.807, 2.05) is 7.05 Å². The maximum atomic E-state index is 9.06. The third-order valence-corrected chi connectivity index (χ3v) is 4.37. The minimum Gasteiger partial charge on any atom is -0.409 e. The number of hydrogen-bond acceptors (Lipinski definition) is 4. The first kappa shape index (κ1) is 15.6. The van der Waals surface area contributed by atoms with E-state index in [-0.39, 0.29) is 5.84 Å². The summed E-state index contributed by atoms with van der Waals surface area (Å²) in [5, 5.41) is 12.2.